The van der Waals surface area contributed by atoms with Gasteiger partial charge < -0.3 is 9.55 Å². The third-order valence-corrected chi connectivity index (χ3v) is 4.62. The Morgan fingerprint density at radius 1 is 1.21 bits per heavy atom. The highest BCUT2D eigenvalue weighted by atomic mass is 79.9. The summed E-state index contributed by atoms with van der Waals surface area (Å²) in [6, 6.07) is 6.33. The Bertz CT molecular complexity index is 884. The molecule has 96 valence electrons. The lowest BCUT2D eigenvalue weighted by Crippen LogP contribution is -2.21. The zero-order chi connectivity index (χ0) is 13.7. The number of hydrogen-bond donors (Lipinski definition) is 1. The molecule has 2 aromatic heterocycles. The molecule has 3 rings (SSSR count). The van der Waals surface area contributed by atoms with E-state index in [2.05, 4.69) is 59.2 Å². The standard InChI is InChI=1S/C16H15BrN2/c1-9-6-5-7-12-13(8-18-16(9)12)14-10(2)19(4)11(3)15(14)17/h5-8,18H,2-3H2,1,4H3. The first kappa shape index (κ1) is 12.3. The number of halogens is 1. The van der Waals surface area contributed by atoms with E-state index in [0.717, 1.165) is 20.7 Å². The van der Waals surface area contributed by atoms with Gasteiger partial charge >= 0.3 is 0 Å². The minimum Gasteiger partial charge on any atom is -0.360 e. The molecule has 2 heterocycles. The molecule has 1 N–H and O–H groups in total. The Labute approximate surface area is 120 Å². The van der Waals surface area contributed by atoms with Crippen LogP contribution in [0.25, 0.3) is 35.2 Å². The predicted octanol–water partition coefficient (Wildman–Crippen LogP) is 3.06. The van der Waals surface area contributed by atoms with Crippen LogP contribution in [0.1, 0.15) is 5.56 Å². The molecule has 0 radical (unpaired) electrons. The average Bonchev–Trinajstić information content (AvgIpc) is 2.89. The van der Waals surface area contributed by atoms with Gasteiger partial charge in [0.2, 0.25) is 0 Å². The van der Waals surface area contributed by atoms with Crippen LogP contribution in [0.5, 0.6) is 0 Å². The highest BCUT2D eigenvalue weighted by Gasteiger charge is 2.14. The molecule has 3 heteroatoms. The minimum atomic E-state index is 0.946. The van der Waals surface area contributed by atoms with Gasteiger partial charge in [0.05, 0.1) is 4.47 Å². The fourth-order valence-electron chi connectivity index (χ4n) is 2.54. The van der Waals surface area contributed by atoms with Crippen molar-refractivity contribution < 1.29 is 0 Å². The molecule has 0 unspecified atom stereocenters. The third-order valence-electron chi connectivity index (χ3n) is 3.76. The largest absolute Gasteiger partial charge is 0.360 e. The second-order valence-corrected chi connectivity index (χ2v) is 5.63. The SMILES string of the molecule is C=c1c(Br)c(-c2c[nH]c3c(C)cccc23)c(=C)n1C. The maximum Gasteiger partial charge on any atom is 0.0506 e. The predicted molar refractivity (Wildman–Crippen MR) is 85.4 cm³/mol. The van der Waals surface area contributed by atoms with E-state index in [9.17, 15) is 0 Å². The van der Waals surface area contributed by atoms with Crippen LogP contribution in [0, 0.1) is 6.92 Å². The monoisotopic (exact) mass is 314 g/mol. The van der Waals surface area contributed by atoms with Gasteiger partial charge in [0.15, 0.2) is 0 Å². The minimum absolute atomic E-state index is 0.946. The Kier molecular flexibility index (Phi) is 2.68. The molecule has 0 bridgehead atoms. The van der Waals surface area contributed by atoms with Gasteiger partial charge in [-0.25, -0.2) is 0 Å². The fourth-order valence-corrected chi connectivity index (χ4v) is 3.24. The number of H-pyrrole nitrogens is 1. The summed E-state index contributed by atoms with van der Waals surface area (Å²) >= 11 is 3.64. The topological polar surface area (TPSA) is 20.7 Å². The number of para-hydroxylation sites is 1. The molecule has 0 atom stereocenters. The summed E-state index contributed by atoms with van der Waals surface area (Å²) in [6.45, 7) is 10.4. The van der Waals surface area contributed by atoms with Crippen molar-refractivity contribution >= 4 is 40.0 Å². The Morgan fingerprint density at radius 3 is 2.58 bits per heavy atom. The van der Waals surface area contributed by atoms with Gasteiger partial charge in [0, 0.05) is 46.0 Å². The van der Waals surface area contributed by atoms with Crippen molar-refractivity contribution in [3.8, 4) is 11.1 Å². The number of fused-ring (bicyclic) bond motifs is 1. The molecule has 0 aliphatic heterocycles. The van der Waals surface area contributed by atoms with Crippen molar-refractivity contribution in [2.24, 2.45) is 7.05 Å². The quantitative estimate of drug-likeness (QED) is 0.712. The van der Waals surface area contributed by atoms with Gasteiger partial charge in [-0.15, -0.1) is 0 Å². The van der Waals surface area contributed by atoms with E-state index < -0.39 is 0 Å². The van der Waals surface area contributed by atoms with E-state index in [0.29, 0.717) is 0 Å². The molecule has 0 aliphatic carbocycles. The normalized spacial score (nSPS) is 11.3. The van der Waals surface area contributed by atoms with E-state index in [4.69, 9.17) is 0 Å². The summed E-state index contributed by atoms with van der Waals surface area (Å²) in [5, 5.41) is 3.14. The summed E-state index contributed by atoms with van der Waals surface area (Å²) in [6.07, 6.45) is 2.05. The van der Waals surface area contributed by atoms with Gasteiger partial charge in [0.25, 0.3) is 0 Å². The fraction of sp³-hybridized carbons (Fsp3) is 0.125. The second-order valence-electron chi connectivity index (χ2n) is 4.84. The molecule has 0 saturated carbocycles. The lowest BCUT2D eigenvalue weighted by Gasteiger charge is -1.99. The third kappa shape index (κ3) is 1.61. The molecule has 19 heavy (non-hydrogen) atoms. The first-order valence-electron chi connectivity index (χ1n) is 6.11. The maximum atomic E-state index is 4.17. The molecule has 3 aromatic rings. The van der Waals surface area contributed by atoms with Crippen LogP contribution < -0.4 is 10.7 Å². The van der Waals surface area contributed by atoms with E-state index in [-0.39, 0.29) is 0 Å². The molecule has 0 saturated heterocycles. The highest BCUT2D eigenvalue weighted by Crippen LogP contribution is 2.31. The Balaban J connectivity index is 2.45. The molecule has 0 spiro atoms. The van der Waals surface area contributed by atoms with Crippen LogP contribution in [-0.2, 0) is 7.05 Å². The van der Waals surface area contributed by atoms with Crippen LogP contribution in [-0.4, -0.2) is 9.55 Å². The lowest BCUT2D eigenvalue weighted by atomic mass is 10.1. The Hall–Kier alpha value is -1.74. The molecular weight excluding hydrogens is 300 g/mol. The number of hydrogen-bond acceptors (Lipinski definition) is 0. The number of aromatic nitrogens is 2. The van der Waals surface area contributed by atoms with Crippen molar-refractivity contribution in [1.82, 2.24) is 9.55 Å². The van der Waals surface area contributed by atoms with Crippen molar-refractivity contribution in [2.75, 3.05) is 0 Å². The summed E-state index contributed by atoms with van der Waals surface area (Å²) in [4.78, 5) is 3.36. The van der Waals surface area contributed by atoms with Crippen LogP contribution in [0.4, 0.5) is 0 Å². The van der Waals surface area contributed by atoms with Crippen molar-refractivity contribution in [3.63, 3.8) is 0 Å². The van der Waals surface area contributed by atoms with Crippen molar-refractivity contribution in [2.45, 2.75) is 6.92 Å². The van der Waals surface area contributed by atoms with Gasteiger partial charge in [0.1, 0.15) is 0 Å². The van der Waals surface area contributed by atoms with E-state index in [1.807, 2.05) is 17.8 Å². The van der Waals surface area contributed by atoms with Gasteiger partial charge in [-0.1, -0.05) is 31.4 Å². The zero-order valence-electron chi connectivity index (χ0n) is 11.0. The number of aromatic amines is 1. The van der Waals surface area contributed by atoms with Crippen LogP contribution in [0.3, 0.4) is 0 Å². The van der Waals surface area contributed by atoms with Crippen LogP contribution in [0.2, 0.25) is 0 Å². The van der Waals surface area contributed by atoms with Gasteiger partial charge in [-0.05, 0) is 28.4 Å². The average molecular weight is 315 g/mol. The molecule has 0 aliphatic rings. The van der Waals surface area contributed by atoms with Gasteiger partial charge in [-0.2, -0.15) is 0 Å². The molecule has 1 aromatic carbocycles. The maximum absolute atomic E-state index is 4.17. The molecule has 0 amide bonds. The second kappa shape index (κ2) is 4.14. The van der Waals surface area contributed by atoms with Crippen molar-refractivity contribution in [3.05, 3.63) is 45.1 Å². The van der Waals surface area contributed by atoms with Gasteiger partial charge in [-0.3, -0.25) is 0 Å². The lowest BCUT2D eigenvalue weighted by molar-refractivity contribution is 0.863. The number of nitrogens with one attached hydrogen (secondary N) is 1. The van der Waals surface area contributed by atoms with Crippen LogP contribution >= 0.6 is 15.9 Å². The summed E-state index contributed by atoms with van der Waals surface area (Å²) in [5.74, 6) is 0. The summed E-state index contributed by atoms with van der Waals surface area (Å²) < 4.78 is 3.02. The molecule has 0 fully saturated rings. The number of nitrogens with zero attached hydrogens (tertiary/aromatic N) is 1. The zero-order valence-corrected chi connectivity index (χ0v) is 12.6. The smallest absolute Gasteiger partial charge is 0.0506 e. The van der Waals surface area contributed by atoms with Crippen LogP contribution in [0.15, 0.2) is 28.9 Å². The van der Waals surface area contributed by atoms with Crippen molar-refractivity contribution in [1.29, 1.82) is 0 Å². The molecular formula is C16H15BrN2. The first-order valence-corrected chi connectivity index (χ1v) is 6.90. The molecule has 2 nitrogen and oxygen atoms in total. The first-order chi connectivity index (χ1) is 9.02. The number of benzene rings is 1. The Morgan fingerprint density at radius 2 is 1.95 bits per heavy atom. The number of aryl methyl sites for hydroxylation is 1. The van der Waals surface area contributed by atoms with E-state index in [1.54, 1.807) is 0 Å². The van der Waals surface area contributed by atoms with E-state index >= 15 is 0 Å². The number of rotatable bonds is 1. The summed E-state index contributed by atoms with van der Waals surface area (Å²) in [7, 11) is 1.99. The van der Waals surface area contributed by atoms with E-state index in [1.165, 1.54) is 22.0 Å². The highest BCUT2D eigenvalue weighted by molar-refractivity contribution is 9.10. The summed E-state index contributed by atoms with van der Waals surface area (Å²) in [5.41, 5.74) is 4.71.